The minimum absolute atomic E-state index is 1.20. The molecule has 0 N–H and O–H groups in total. The van der Waals surface area contributed by atoms with Crippen LogP contribution in [-0.4, -0.2) is 0 Å². The van der Waals surface area contributed by atoms with Gasteiger partial charge in [-0.1, -0.05) is 59.8 Å². The van der Waals surface area contributed by atoms with Crippen molar-refractivity contribution < 1.29 is 0 Å². The van der Waals surface area contributed by atoms with E-state index < -0.39 is 0 Å². The van der Waals surface area contributed by atoms with E-state index in [0.29, 0.717) is 0 Å². The number of allylic oxidation sites excluding steroid dienone is 10. The second-order valence-corrected chi connectivity index (χ2v) is 5.88. The van der Waals surface area contributed by atoms with Gasteiger partial charge in [-0.3, -0.25) is 0 Å². The van der Waals surface area contributed by atoms with Crippen molar-refractivity contribution in [2.24, 2.45) is 0 Å². The molecule has 0 aromatic heterocycles. The van der Waals surface area contributed by atoms with Crippen LogP contribution in [0.5, 0.6) is 0 Å². The lowest BCUT2D eigenvalue weighted by molar-refractivity contribution is 0.722. The molecule has 0 amide bonds. The van der Waals surface area contributed by atoms with Crippen LogP contribution in [0.25, 0.3) is 0 Å². The number of hydrogen-bond acceptors (Lipinski definition) is 0. The molecule has 0 heterocycles. The molecular weight excluding hydrogens is 240 g/mol. The average molecular weight is 268 g/mol. The molecule has 0 saturated heterocycles. The third-order valence-electron chi connectivity index (χ3n) is 4.10. The van der Waals surface area contributed by atoms with Crippen LogP contribution in [-0.2, 0) is 0 Å². The van der Waals surface area contributed by atoms with E-state index in [1.54, 1.807) is 11.1 Å². The Morgan fingerprint density at radius 2 is 1.20 bits per heavy atom. The minimum Gasteiger partial charge on any atom is -0.0885 e. The topological polar surface area (TPSA) is 0 Å². The van der Waals surface area contributed by atoms with Crippen LogP contribution in [0.2, 0.25) is 0 Å². The first-order valence-corrected chi connectivity index (χ1v) is 8.29. The molecule has 2 rings (SSSR count). The Labute approximate surface area is 124 Å². The Hall–Kier alpha value is -1.30. The monoisotopic (exact) mass is 268 g/mol. The first kappa shape index (κ1) is 15.1. The maximum Gasteiger partial charge on any atom is -0.0133 e. The lowest BCUT2D eigenvalue weighted by Gasteiger charge is -2.01. The van der Waals surface area contributed by atoms with Gasteiger partial charge in [0, 0.05) is 0 Å². The molecular formula is C20H28. The average Bonchev–Trinajstić information content (AvgIpc) is 3.14. The van der Waals surface area contributed by atoms with Crippen LogP contribution < -0.4 is 0 Å². The summed E-state index contributed by atoms with van der Waals surface area (Å²) in [5.74, 6) is 0. The van der Waals surface area contributed by atoms with Gasteiger partial charge in [0.25, 0.3) is 0 Å². The third kappa shape index (κ3) is 6.23. The van der Waals surface area contributed by atoms with Gasteiger partial charge in [-0.15, -0.1) is 0 Å². The molecule has 0 unspecified atom stereocenters. The lowest BCUT2D eigenvalue weighted by atomic mass is 10.1. The highest BCUT2D eigenvalue weighted by Gasteiger charge is 1.99. The van der Waals surface area contributed by atoms with Gasteiger partial charge in [0.1, 0.15) is 0 Å². The largest absolute Gasteiger partial charge is 0.0885 e. The van der Waals surface area contributed by atoms with Gasteiger partial charge < -0.3 is 0 Å². The SMILES string of the molecule is C1=CCC(CCCC/C=C/CCCCC2=CC=CC2)=C1. The van der Waals surface area contributed by atoms with E-state index in [1.807, 2.05) is 0 Å². The van der Waals surface area contributed by atoms with Gasteiger partial charge in [0.05, 0.1) is 0 Å². The van der Waals surface area contributed by atoms with E-state index in [0.717, 1.165) is 0 Å². The van der Waals surface area contributed by atoms with Crippen molar-refractivity contribution in [1.82, 2.24) is 0 Å². The Morgan fingerprint density at radius 1 is 0.700 bits per heavy atom. The van der Waals surface area contributed by atoms with Crippen molar-refractivity contribution in [2.75, 3.05) is 0 Å². The highest BCUT2D eigenvalue weighted by atomic mass is 14.0. The second-order valence-electron chi connectivity index (χ2n) is 5.88. The molecule has 0 spiro atoms. The Morgan fingerprint density at radius 3 is 1.60 bits per heavy atom. The van der Waals surface area contributed by atoms with E-state index in [2.05, 4.69) is 48.6 Å². The zero-order valence-electron chi connectivity index (χ0n) is 12.7. The summed E-state index contributed by atoms with van der Waals surface area (Å²) in [6, 6.07) is 0. The summed E-state index contributed by atoms with van der Waals surface area (Å²) in [5, 5.41) is 0. The highest BCUT2D eigenvalue weighted by Crippen LogP contribution is 2.19. The molecule has 0 aromatic carbocycles. The van der Waals surface area contributed by atoms with Crippen molar-refractivity contribution in [3.8, 4) is 0 Å². The molecule has 0 radical (unpaired) electrons. The first-order valence-electron chi connectivity index (χ1n) is 8.29. The molecule has 0 atom stereocenters. The molecule has 2 aliphatic carbocycles. The summed E-state index contributed by atoms with van der Waals surface area (Å²) < 4.78 is 0. The van der Waals surface area contributed by atoms with E-state index in [4.69, 9.17) is 0 Å². The van der Waals surface area contributed by atoms with Crippen molar-refractivity contribution in [2.45, 2.75) is 64.2 Å². The summed E-state index contributed by atoms with van der Waals surface area (Å²) >= 11 is 0. The van der Waals surface area contributed by atoms with E-state index in [9.17, 15) is 0 Å². The smallest absolute Gasteiger partial charge is 0.0133 e. The maximum absolute atomic E-state index is 2.39. The van der Waals surface area contributed by atoms with Crippen molar-refractivity contribution >= 4 is 0 Å². The summed E-state index contributed by atoms with van der Waals surface area (Å²) in [6.45, 7) is 0. The molecule has 0 saturated carbocycles. The fraction of sp³-hybridized carbons (Fsp3) is 0.500. The zero-order chi connectivity index (χ0) is 13.9. The van der Waals surface area contributed by atoms with Crippen LogP contribution in [0.4, 0.5) is 0 Å². The fourth-order valence-corrected chi connectivity index (χ4v) is 2.82. The predicted molar refractivity (Wildman–Crippen MR) is 89.8 cm³/mol. The highest BCUT2D eigenvalue weighted by molar-refractivity contribution is 5.23. The molecule has 0 bridgehead atoms. The number of unbranched alkanes of at least 4 members (excludes halogenated alkanes) is 4. The quantitative estimate of drug-likeness (QED) is 0.316. The van der Waals surface area contributed by atoms with Crippen LogP contribution in [0.1, 0.15) is 64.2 Å². The van der Waals surface area contributed by atoms with Crippen molar-refractivity contribution in [3.05, 3.63) is 59.8 Å². The second kappa shape index (κ2) is 9.58. The summed E-state index contributed by atoms with van der Waals surface area (Å²) in [6.07, 6.45) is 31.1. The third-order valence-corrected chi connectivity index (χ3v) is 4.10. The summed E-state index contributed by atoms with van der Waals surface area (Å²) in [4.78, 5) is 0. The van der Waals surface area contributed by atoms with E-state index >= 15 is 0 Å². The molecule has 108 valence electrons. The molecule has 0 fully saturated rings. The number of rotatable bonds is 10. The van der Waals surface area contributed by atoms with Gasteiger partial charge in [0.2, 0.25) is 0 Å². The Kier molecular flexibility index (Phi) is 7.23. The van der Waals surface area contributed by atoms with Crippen molar-refractivity contribution in [1.29, 1.82) is 0 Å². The lowest BCUT2D eigenvalue weighted by Crippen LogP contribution is -1.81. The summed E-state index contributed by atoms with van der Waals surface area (Å²) in [5.41, 5.74) is 3.23. The normalized spacial score (nSPS) is 17.2. The van der Waals surface area contributed by atoms with Gasteiger partial charge in [-0.05, 0) is 64.2 Å². The van der Waals surface area contributed by atoms with E-state index in [1.165, 1.54) is 64.2 Å². The molecule has 2 aliphatic rings. The molecule has 0 aliphatic heterocycles. The molecule has 0 heteroatoms. The van der Waals surface area contributed by atoms with Crippen LogP contribution in [0.3, 0.4) is 0 Å². The van der Waals surface area contributed by atoms with Crippen LogP contribution >= 0.6 is 0 Å². The van der Waals surface area contributed by atoms with Crippen LogP contribution in [0.15, 0.2) is 59.8 Å². The summed E-state index contributed by atoms with van der Waals surface area (Å²) in [7, 11) is 0. The Balaban J connectivity index is 1.36. The van der Waals surface area contributed by atoms with Gasteiger partial charge >= 0.3 is 0 Å². The van der Waals surface area contributed by atoms with E-state index in [-0.39, 0.29) is 0 Å². The molecule has 0 nitrogen and oxygen atoms in total. The Bertz CT molecular complexity index is 375. The molecule has 20 heavy (non-hydrogen) atoms. The maximum atomic E-state index is 2.39. The van der Waals surface area contributed by atoms with Gasteiger partial charge in [0.15, 0.2) is 0 Å². The van der Waals surface area contributed by atoms with Gasteiger partial charge in [-0.25, -0.2) is 0 Å². The minimum atomic E-state index is 1.20. The fourth-order valence-electron chi connectivity index (χ4n) is 2.82. The first-order chi connectivity index (χ1) is 9.95. The molecule has 0 aromatic rings. The standard InChI is InChI=1S/C20H28/c1(3-5-7-13-19-15-9-10-16-19)2-4-6-8-14-20-17-11-12-18-20/h1-2,9-12,15,17H,3-8,13-14,16,18H2/b2-1+. The number of hydrogen-bond donors (Lipinski definition) is 0. The van der Waals surface area contributed by atoms with Crippen molar-refractivity contribution in [3.63, 3.8) is 0 Å². The van der Waals surface area contributed by atoms with Crippen LogP contribution in [0, 0.1) is 0 Å². The van der Waals surface area contributed by atoms with Gasteiger partial charge in [-0.2, -0.15) is 0 Å². The predicted octanol–water partition coefficient (Wildman–Crippen LogP) is 6.44. The zero-order valence-corrected chi connectivity index (χ0v) is 12.7.